The maximum absolute atomic E-state index is 11.6. The molecule has 5 nitrogen and oxygen atoms in total. The average Bonchev–Trinajstić information content (AvgIpc) is 2.51. The van der Waals surface area contributed by atoms with E-state index in [9.17, 15) is 4.79 Å². The lowest BCUT2D eigenvalue weighted by atomic mass is 10.1. The van der Waals surface area contributed by atoms with Crippen molar-refractivity contribution >= 4 is 18.6 Å². The molecule has 0 atom stereocenters. The van der Waals surface area contributed by atoms with Crippen LogP contribution in [0.15, 0.2) is 17.6 Å². The SMILES string of the molecule is C=CC(=O)Oc1c(S)c(OCC)c(OCC)c(C)c1OCC. The summed E-state index contributed by atoms with van der Waals surface area (Å²) in [6.45, 7) is 12.1. The van der Waals surface area contributed by atoms with Crippen LogP contribution in [0.4, 0.5) is 0 Å². The molecule has 0 unspecified atom stereocenters. The lowest BCUT2D eigenvalue weighted by Crippen LogP contribution is -2.10. The maximum Gasteiger partial charge on any atom is 0.335 e. The molecular weight excluding hydrogens is 304 g/mol. The highest BCUT2D eigenvalue weighted by Crippen LogP contribution is 2.50. The lowest BCUT2D eigenvalue weighted by Gasteiger charge is -2.21. The smallest absolute Gasteiger partial charge is 0.335 e. The Morgan fingerprint density at radius 3 is 1.91 bits per heavy atom. The van der Waals surface area contributed by atoms with Crippen molar-refractivity contribution < 1.29 is 23.7 Å². The predicted octanol–water partition coefficient (Wildman–Crippen LogP) is 3.57. The number of carbonyl (C=O) groups is 1. The molecule has 0 aromatic heterocycles. The predicted molar refractivity (Wildman–Crippen MR) is 87.8 cm³/mol. The fourth-order valence-electron chi connectivity index (χ4n) is 1.91. The summed E-state index contributed by atoms with van der Waals surface area (Å²) in [5, 5.41) is 0. The second kappa shape index (κ2) is 8.58. The summed E-state index contributed by atoms with van der Waals surface area (Å²) in [6.07, 6.45) is 1.08. The number of ether oxygens (including phenoxy) is 4. The Morgan fingerprint density at radius 2 is 1.45 bits per heavy atom. The monoisotopic (exact) mass is 326 g/mol. The molecule has 6 heteroatoms. The molecule has 22 heavy (non-hydrogen) atoms. The summed E-state index contributed by atoms with van der Waals surface area (Å²) in [6, 6.07) is 0. The highest BCUT2D eigenvalue weighted by molar-refractivity contribution is 7.80. The standard InChI is InChI=1S/C16H22O5S/c1-6-11(17)21-15-13(19-8-3)10(5)12(18-7-2)14(16(15)22)20-9-4/h6,22H,1,7-9H2,2-5H3. The zero-order valence-electron chi connectivity index (χ0n) is 13.4. The number of benzene rings is 1. The van der Waals surface area contributed by atoms with Gasteiger partial charge in [-0.2, -0.15) is 0 Å². The van der Waals surface area contributed by atoms with Crippen LogP contribution < -0.4 is 18.9 Å². The van der Waals surface area contributed by atoms with Crippen LogP contribution in [0, 0.1) is 6.92 Å². The van der Waals surface area contributed by atoms with Crippen molar-refractivity contribution in [3.8, 4) is 23.0 Å². The molecule has 0 heterocycles. The minimum atomic E-state index is -0.595. The molecule has 0 aliphatic rings. The molecule has 0 fully saturated rings. The molecule has 1 aromatic rings. The summed E-state index contributed by atoms with van der Waals surface area (Å²) in [4.78, 5) is 11.9. The van der Waals surface area contributed by atoms with Gasteiger partial charge in [-0.15, -0.1) is 12.6 Å². The Balaban J connectivity index is 3.57. The molecule has 0 saturated heterocycles. The third kappa shape index (κ3) is 3.88. The Hall–Kier alpha value is -1.82. The van der Waals surface area contributed by atoms with Gasteiger partial charge in [0.15, 0.2) is 23.0 Å². The van der Waals surface area contributed by atoms with Crippen LogP contribution in [0.5, 0.6) is 23.0 Å². The molecule has 0 saturated carbocycles. The van der Waals surface area contributed by atoms with Crippen LogP contribution >= 0.6 is 12.6 Å². The van der Waals surface area contributed by atoms with E-state index in [4.69, 9.17) is 18.9 Å². The Morgan fingerprint density at radius 1 is 1.00 bits per heavy atom. The molecule has 122 valence electrons. The van der Waals surface area contributed by atoms with E-state index in [1.807, 2.05) is 27.7 Å². The molecule has 0 aliphatic heterocycles. The van der Waals surface area contributed by atoms with E-state index in [1.165, 1.54) is 0 Å². The van der Waals surface area contributed by atoms with E-state index in [1.54, 1.807) is 0 Å². The number of hydrogen-bond acceptors (Lipinski definition) is 6. The zero-order valence-corrected chi connectivity index (χ0v) is 14.3. The van der Waals surface area contributed by atoms with Gasteiger partial charge in [-0.25, -0.2) is 4.79 Å². The van der Waals surface area contributed by atoms with Crippen molar-refractivity contribution in [1.29, 1.82) is 0 Å². The quantitative estimate of drug-likeness (QED) is 0.342. The van der Waals surface area contributed by atoms with Crippen LogP contribution in [0.3, 0.4) is 0 Å². The van der Waals surface area contributed by atoms with E-state index in [-0.39, 0.29) is 5.75 Å². The normalized spacial score (nSPS) is 10.0. The number of carbonyl (C=O) groups excluding carboxylic acids is 1. The van der Waals surface area contributed by atoms with Gasteiger partial charge in [0.1, 0.15) is 0 Å². The van der Waals surface area contributed by atoms with Gasteiger partial charge in [-0.3, -0.25) is 0 Å². The van der Waals surface area contributed by atoms with Crippen LogP contribution in [-0.4, -0.2) is 25.8 Å². The van der Waals surface area contributed by atoms with Gasteiger partial charge in [-0.1, -0.05) is 6.58 Å². The second-order valence-corrected chi connectivity index (χ2v) is 4.66. The van der Waals surface area contributed by atoms with Crippen LogP contribution in [0.1, 0.15) is 26.3 Å². The summed E-state index contributed by atoms with van der Waals surface area (Å²) >= 11 is 4.43. The van der Waals surface area contributed by atoms with Crippen LogP contribution in [0.25, 0.3) is 0 Å². The number of rotatable bonds is 8. The number of esters is 1. The van der Waals surface area contributed by atoms with Gasteiger partial charge in [0.25, 0.3) is 0 Å². The molecular formula is C16H22O5S. The fourth-order valence-corrected chi connectivity index (χ4v) is 2.23. The van der Waals surface area contributed by atoms with E-state index >= 15 is 0 Å². The number of hydrogen-bond donors (Lipinski definition) is 1. The molecule has 0 aliphatic carbocycles. The van der Waals surface area contributed by atoms with Gasteiger partial charge in [0, 0.05) is 11.6 Å². The van der Waals surface area contributed by atoms with Crippen molar-refractivity contribution in [2.45, 2.75) is 32.6 Å². The van der Waals surface area contributed by atoms with Crippen molar-refractivity contribution in [2.75, 3.05) is 19.8 Å². The van der Waals surface area contributed by atoms with Crippen molar-refractivity contribution in [2.24, 2.45) is 0 Å². The largest absolute Gasteiger partial charge is 0.490 e. The van der Waals surface area contributed by atoms with Gasteiger partial charge < -0.3 is 18.9 Å². The lowest BCUT2D eigenvalue weighted by molar-refractivity contribution is -0.129. The van der Waals surface area contributed by atoms with Crippen molar-refractivity contribution in [3.05, 3.63) is 18.2 Å². The van der Waals surface area contributed by atoms with E-state index < -0.39 is 5.97 Å². The van der Waals surface area contributed by atoms with Gasteiger partial charge in [0.2, 0.25) is 0 Å². The first-order valence-corrected chi connectivity index (χ1v) is 7.58. The summed E-state index contributed by atoms with van der Waals surface area (Å²) < 4.78 is 22.2. The van der Waals surface area contributed by atoms with Gasteiger partial charge >= 0.3 is 5.97 Å². The first kappa shape index (κ1) is 18.2. The fraction of sp³-hybridized carbons (Fsp3) is 0.438. The Labute approximate surface area is 136 Å². The molecule has 0 amide bonds. The third-order valence-electron chi connectivity index (χ3n) is 2.76. The highest BCUT2D eigenvalue weighted by atomic mass is 32.1. The van der Waals surface area contributed by atoms with E-state index in [0.29, 0.717) is 47.5 Å². The number of thiol groups is 1. The van der Waals surface area contributed by atoms with Crippen molar-refractivity contribution in [1.82, 2.24) is 0 Å². The van der Waals surface area contributed by atoms with E-state index in [2.05, 4.69) is 19.2 Å². The highest BCUT2D eigenvalue weighted by Gasteiger charge is 2.26. The van der Waals surface area contributed by atoms with Crippen LogP contribution in [-0.2, 0) is 4.79 Å². The van der Waals surface area contributed by atoms with Gasteiger partial charge in [0.05, 0.1) is 24.7 Å². The zero-order chi connectivity index (χ0) is 16.7. The first-order chi connectivity index (χ1) is 10.5. The Kier molecular flexibility index (Phi) is 7.11. The molecule has 0 spiro atoms. The first-order valence-electron chi connectivity index (χ1n) is 7.13. The van der Waals surface area contributed by atoms with Crippen molar-refractivity contribution in [3.63, 3.8) is 0 Å². The third-order valence-corrected chi connectivity index (χ3v) is 3.17. The summed E-state index contributed by atoms with van der Waals surface area (Å²) in [7, 11) is 0. The summed E-state index contributed by atoms with van der Waals surface area (Å²) in [5.41, 5.74) is 0.691. The summed E-state index contributed by atoms with van der Waals surface area (Å²) in [5.74, 6) is 0.994. The van der Waals surface area contributed by atoms with Gasteiger partial charge in [-0.05, 0) is 27.7 Å². The molecule has 0 bridgehead atoms. The van der Waals surface area contributed by atoms with E-state index in [0.717, 1.165) is 6.08 Å². The minimum Gasteiger partial charge on any atom is -0.490 e. The second-order valence-electron chi connectivity index (χ2n) is 4.21. The topological polar surface area (TPSA) is 54.0 Å². The minimum absolute atomic E-state index is 0.208. The maximum atomic E-state index is 11.6. The average molecular weight is 326 g/mol. The Bertz CT molecular complexity index is 554. The molecule has 1 aromatic carbocycles. The molecule has 0 radical (unpaired) electrons. The van der Waals surface area contributed by atoms with Crippen LogP contribution in [0.2, 0.25) is 0 Å². The molecule has 0 N–H and O–H groups in total. The molecule has 1 rings (SSSR count).